The number of benzene rings is 1. The number of hydrogen-bond acceptors (Lipinski definition) is 5. The molecular formula is C14H12O5S2. The average molecular weight is 324 g/mol. The second kappa shape index (κ2) is 3.42. The molecule has 1 saturated carbocycles. The zero-order valence-corrected chi connectivity index (χ0v) is 12.4. The molecule has 6 rings (SSSR count). The summed E-state index contributed by atoms with van der Waals surface area (Å²) in [6.45, 7) is 0. The summed E-state index contributed by atoms with van der Waals surface area (Å²) in [6.07, 6.45) is 3.41. The topological polar surface area (TPSA) is 80.8 Å². The summed E-state index contributed by atoms with van der Waals surface area (Å²) in [5.74, 6) is -0.698. The summed E-state index contributed by atoms with van der Waals surface area (Å²) in [4.78, 5) is -0.103. The van der Waals surface area contributed by atoms with Gasteiger partial charge in [-0.05, 0) is 12.1 Å². The van der Waals surface area contributed by atoms with Crippen LogP contribution in [-0.2, 0) is 24.4 Å². The predicted octanol–water partition coefficient (Wildman–Crippen LogP) is 0.568. The Labute approximate surface area is 122 Å². The highest BCUT2D eigenvalue weighted by Gasteiger charge is 2.69. The fraction of sp³-hybridized carbons (Fsp3) is 0.429. The van der Waals surface area contributed by atoms with Gasteiger partial charge in [-0.3, -0.25) is 0 Å². The summed E-state index contributed by atoms with van der Waals surface area (Å²) in [5, 5.41) is -1.81. The predicted molar refractivity (Wildman–Crippen MR) is 73.2 cm³/mol. The molecule has 0 amide bonds. The minimum Gasteiger partial charge on any atom is -0.368 e. The molecule has 0 N–H and O–H groups in total. The summed E-state index contributed by atoms with van der Waals surface area (Å²) in [7, 11) is -7.32. The van der Waals surface area contributed by atoms with Crippen molar-refractivity contribution in [2.45, 2.75) is 32.5 Å². The van der Waals surface area contributed by atoms with Gasteiger partial charge in [-0.2, -0.15) is 0 Å². The fourth-order valence-corrected chi connectivity index (χ4v) is 10.0. The van der Waals surface area contributed by atoms with E-state index in [2.05, 4.69) is 0 Å². The molecule has 110 valence electrons. The molecule has 0 unspecified atom stereocenters. The van der Waals surface area contributed by atoms with Crippen molar-refractivity contribution < 1.29 is 21.6 Å². The molecule has 3 aliphatic carbocycles. The third kappa shape index (κ3) is 1.27. The third-order valence-corrected chi connectivity index (χ3v) is 10.0. The van der Waals surface area contributed by atoms with Gasteiger partial charge in [-0.15, -0.1) is 0 Å². The highest BCUT2D eigenvalue weighted by atomic mass is 32.2. The van der Waals surface area contributed by atoms with Crippen molar-refractivity contribution in [3.63, 3.8) is 0 Å². The summed E-state index contributed by atoms with van der Waals surface area (Å²) < 4.78 is 57.3. The van der Waals surface area contributed by atoms with E-state index in [4.69, 9.17) is 4.74 Å². The molecule has 2 aliphatic heterocycles. The third-order valence-electron chi connectivity index (χ3n) is 5.14. The molecule has 7 heteroatoms. The Balaban J connectivity index is 1.88. The van der Waals surface area contributed by atoms with Crippen LogP contribution in [-0.4, -0.2) is 39.5 Å². The van der Waals surface area contributed by atoms with E-state index in [1.54, 1.807) is 12.1 Å². The van der Waals surface area contributed by atoms with Crippen molar-refractivity contribution >= 4 is 19.7 Å². The Kier molecular flexibility index (Phi) is 2.01. The molecule has 2 fully saturated rings. The van der Waals surface area contributed by atoms with E-state index >= 15 is 0 Å². The number of ether oxygens (including phenoxy) is 1. The van der Waals surface area contributed by atoms with Crippen molar-refractivity contribution in [3.8, 4) is 0 Å². The Morgan fingerprint density at radius 2 is 1.19 bits per heavy atom. The van der Waals surface area contributed by atoms with Gasteiger partial charge in [0.2, 0.25) is 0 Å². The zero-order chi connectivity index (χ0) is 14.6. The van der Waals surface area contributed by atoms with Gasteiger partial charge >= 0.3 is 0 Å². The van der Waals surface area contributed by atoms with E-state index in [0.717, 1.165) is 0 Å². The van der Waals surface area contributed by atoms with E-state index in [-0.39, 0.29) is 33.8 Å². The van der Waals surface area contributed by atoms with Crippen LogP contribution in [0.4, 0.5) is 0 Å². The van der Waals surface area contributed by atoms with Crippen LogP contribution >= 0.6 is 0 Å². The molecule has 2 bridgehead atoms. The molecule has 5 nitrogen and oxygen atoms in total. The van der Waals surface area contributed by atoms with Crippen LogP contribution in [0.15, 0.2) is 46.2 Å². The second-order valence-corrected chi connectivity index (χ2v) is 10.2. The first-order valence-corrected chi connectivity index (χ1v) is 9.94. The largest absolute Gasteiger partial charge is 0.368 e. The maximum absolute atomic E-state index is 12.9. The molecule has 1 aromatic carbocycles. The van der Waals surface area contributed by atoms with Gasteiger partial charge in [0.1, 0.15) is 0 Å². The molecule has 1 saturated heterocycles. The van der Waals surface area contributed by atoms with Crippen LogP contribution in [0, 0.1) is 11.8 Å². The zero-order valence-electron chi connectivity index (χ0n) is 10.8. The standard InChI is InChI=1S/C14H12O5S2/c15-20(16)9-3-1-2-4-10(9)21(17,18)14-8-6-5-7(13(14)20)11-12(8)19-11/h1-8,11-14H/t7-,8+,11+,12-,13-,14+. The van der Waals surface area contributed by atoms with E-state index in [1.807, 2.05) is 12.2 Å². The Morgan fingerprint density at radius 1 is 0.762 bits per heavy atom. The number of sulfone groups is 2. The molecule has 0 aromatic heterocycles. The Morgan fingerprint density at radius 3 is 1.62 bits per heavy atom. The molecule has 5 aliphatic rings. The molecule has 0 radical (unpaired) electrons. The van der Waals surface area contributed by atoms with Crippen LogP contribution in [0.25, 0.3) is 0 Å². The van der Waals surface area contributed by atoms with Gasteiger partial charge in [0.25, 0.3) is 0 Å². The molecule has 1 aromatic rings. The van der Waals surface area contributed by atoms with E-state index in [9.17, 15) is 16.8 Å². The lowest BCUT2D eigenvalue weighted by atomic mass is 9.75. The van der Waals surface area contributed by atoms with Crippen molar-refractivity contribution in [1.82, 2.24) is 0 Å². The summed E-state index contributed by atoms with van der Waals surface area (Å²) in [6, 6.07) is 5.94. The molecule has 2 heterocycles. The highest BCUT2D eigenvalue weighted by Crippen LogP contribution is 2.57. The summed E-state index contributed by atoms with van der Waals surface area (Å²) >= 11 is 0. The average Bonchev–Trinajstić information content (AvgIpc) is 3.27. The second-order valence-electron chi connectivity index (χ2n) is 6.07. The first kappa shape index (κ1) is 12.4. The van der Waals surface area contributed by atoms with Crippen LogP contribution < -0.4 is 0 Å². The van der Waals surface area contributed by atoms with E-state index < -0.39 is 30.2 Å². The van der Waals surface area contributed by atoms with Gasteiger partial charge in [0.05, 0.1) is 32.5 Å². The maximum atomic E-state index is 12.9. The van der Waals surface area contributed by atoms with Crippen molar-refractivity contribution in [2.75, 3.05) is 0 Å². The molecule has 0 spiro atoms. The lowest BCUT2D eigenvalue weighted by molar-refractivity contribution is 0.350. The first-order valence-electron chi connectivity index (χ1n) is 6.85. The van der Waals surface area contributed by atoms with Crippen LogP contribution in [0.2, 0.25) is 0 Å². The Hall–Kier alpha value is -1.18. The number of hydrogen-bond donors (Lipinski definition) is 0. The minimum atomic E-state index is -3.66. The van der Waals surface area contributed by atoms with Crippen molar-refractivity contribution in [3.05, 3.63) is 36.4 Å². The van der Waals surface area contributed by atoms with Crippen molar-refractivity contribution in [2.24, 2.45) is 11.8 Å². The van der Waals surface area contributed by atoms with Crippen LogP contribution in [0.5, 0.6) is 0 Å². The van der Waals surface area contributed by atoms with Gasteiger partial charge in [0, 0.05) is 11.8 Å². The molecular weight excluding hydrogens is 312 g/mol. The SMILES string of the molecule is O=S1(=O)c2ccccc2S(=O)(=O)[C@H]2[C@H]3C=C[C@H]([C@@H]4O[C@H]34)[C@H]21. The quantitative estimate of drug-likeness (QED) is 0.515. The van der Waals surface area contributed by atoms with Crippen LogP contribution in [0.1, 0.15) is 0 Å². The molecule has 6 atom stereocenters. The van der Waals surface area contributed by atoms with Crippen molar-refractivity contribution in [1.29, 1.82) is 0 Å². The maximum Gasteiger partial charge on any atom is 0.184 e. The van der Waals surface area contributed by atoms with Gasteiger partial charge in [-0.25, -0.2) is 16.8 Å². The minimum absolute atomic E-state index is 0.0515. The normalized spacial score (nSPS) is 46.3. The van der Waals surface area contributed by atoms with Gasteiger partial charge in [0.15, 0.2) is 19.7 Å². The lowest BCUT2D eigenvalue weighted by Gasteiger charge is -2.43. The smallest absolute Gasteiger partial charge is 0.184 e. The van der Waals surface area contributed by atoms with Crippen LogP contribution in [0.3, 0.4) is 0 Å². The van der Waals surface area contributed by atoms with Gasteiger partial charge < -0.3 is 4.74 Å². The number of epoxide rings is 1. The monoisotopic (exact) mass is 324 g/mol. The lowest BCUT2D eigenvalue weighted by Crippen LogP contribution is -2.58. The first-order chi connectivity index (χ1) is 9.94. The summed E-state index contributed by atoms with van der Waals surface area (Å²) in [5.41, 5.74) is 0. The van der Waals surface area contributed by atoms with E-state index in [1.165, 1.54) is 12.1 Å². The highest BCUT2D eigenvalue weighted by molar-refractivity contribution is 7.98. The fourth-order valence-electron chi connectivity index (χ4n) is 4.24. The number of rotatable bonds is 0. The number of fused-ring (bicyclic) bond motifs is 1. The van der Waals surface area contributed by atoms with E-state index in [0.29, 0.717) is 0 Å². The Bertz CT molecular complexity index is 826. The van der Waals surface area contributed by atoms with Gasteiger partial charge in [-0.1, -0.05) is 24.3 Å². The molecule has 21 heavy (non-hydrogen) atoms.